The van der Waals surface area contributed by atoms with E-state index < -0.39 is 17.7 Å². The molecule has 128 valence electrons. The summed E-state index contributed by atoms with van der Waals surface area (Å²) in [4.78, 5) is 23.2. The summed E-state index contributed by atoms with van der Waals surface area (Å²) in [5.74, 6) is -3.45. The number of aliphatic hydroxyl groups is 2. The van der Waals surface area contributed by atoms with Crippen LogP contribution in [0.2, 0.25) is 0 Å². The highest BCUT2D eigenvalue weighted by Crippen LogP contribution is 2.22. The van der Waals surface area contributed by atoms with Crippen molar-refractivity contribution >= 4 is 11.9 Å². The van der Waals surface area contributed by atoms with E-state index in [0.717, 1.165) is 12.8 Å². The molecule has 4 N–H and O–H groups in total. The number of unbranched alkanes of at least 4 members (excludes halogenated alkanes) is 1. The minimum Gasteiger partial charge on any atom is -0.481 e. The highest BCUT2D eigenvalue weighted by molar-refractivity contribution is 5.96. The van der Waals surface area contributed by atoms with Crippen molar-refractivity contribution in [1.82, 2.24) is 5.32 Å². The van der Waals surface area contributed by atoms with E-state index in [1.807, 2.05) is 6.92 Å². The van der Waals surface area contributed by atoms with Gasteiger partial charge in [-0.3, -0.25) is 9.59 Å². The van der Waals surface area contributed by atoms with E-state index in [4.69, 9.17) is 5.11 Å². The normalized spacial score (nSPS) is 12.7. The molecule has 1 aromatic rings. The standard InChI is InChI=1S/C17H25NO5/c1-3-4-7-12(10-11-15(19)20)18-16(21)13-8-5-6-9-14(13)17(2,22)23/h5-6,8-9,12,22-23H,3-4,7,10-11H2,1-2H3,(H,18,21)(H,19,20). The van der Waals surface area contributed by atoms with Gasteiger partial charge in [-0.1, -0.05) is 38.0 Å². The van der Waals surface area contributed by atoms with Crippen LogP contribution in [-0.4, -0.2) is 33.2 Å². The molecular weight excluding hydrogens is 298 g/mol. The summed E-state index contributed by atoms with van der Waals surface area (Å²) in [5, 5.41) is 31.2. The van der Waals surface area contributed by atoms with Crippen molar-refractivity contribution < 1.29 is 24.9 Å². The molecule has 0 bridgehead atoms. The van der Waals surface area contributed by atoms with Crippen molar-refractivity contribution in [2.75, 3.05) is 0 Å². The van der Waals surface area contributed by atoms with E-state index in [1.165, 1.54) is 19.1 Å². The van der Waals surface area contributed by atoms with Crippen LogP contribution in [-0.2, 0) is 10.6 Å². The lowest BCUT2D eigenvalue weighted by atomic mass is 9.98. The number of benzene rings is 1. The molecule has 0 radical (unpaired) electrons. The van der Waals surface area contributed by atoms with Gasteiger partial charge in [-0.05, 0) is 25.8 Å². The van der Waals surface area contributed by atoms with Crippen molar-refractivity contribution in [1.29, 1.82) is 0 Å². The number of carboxylic acid groups (broad SMARTS) is 1. The molecule has 1 aromatic carbocycles. The van der Waals surface area contributed by atoms with Gasteiger partial charge >= 0.3 is 5.97 Å². The molecular formula is C17H25NO5. The summed E-state index contributed by atoms with van der Waals surface area (Å²) in [6.07, 6.45) is 2.84. The molecule has 0 saturated heterocycles. The number of hydrogen-bond acceptors (Lipinski definition) is 4. The number of amides is 1. The molecule has 23 heavy (non-hydrogen) atoms. The SMILES string of the molecule is CCCCC(CCC(=O)O)NC(=O)c1ccccc1C(C)(O)O. The Morgan fingerprint density at radius 1 is 1.22 bits per heavy atom. The number of aliphatic carboxylic acids is 1. The fourth-order valence-electron chi connectivity index (χ4n) is 2.39. The van der Waals surface area contributed by atoms with Crippen LogP contribution in [0.3, 0.4) is 0 Å². The second-order valence-electron chi connectivity index (χ2n) is 5.81. The van der Waals surface area contributed by atoms with Crippen LogP contribution < -0.4 is 5.32 Å². The van der Waals surface area contributed by atoms with Gasteiger partial charge in [0.05, 0.1) is 0 Å². The highest BCUT2D eigenvalue weighted by Gasteiger charge is 2.26. The van der Waals surface area contributed by atoms with E-state index in [0.29, 0.717) is 12.8 Å². The first-order valence-electron chi connectivity index (χ1n) is 7.82. The zero-order chi connectivity index (χ0) is 17.5. The summed E-state index contributed by atoms with van der Waals surface area (Å²) in [5.41, 5.74) is 0.293. The zero-order valence-electron chi connectivity index (χ0n) is 13.6. The van der Waals surface area contributed by atoms with E-state index in [1.54, 1.807) is 12.1 Å². The molecule has 0 spiro atoms. The van der Waals surface area contributed by atoms with Crippen molar-refractivity contribution in [3.8, 4) is 0 Å². The first-order valence-corrected chi connectivity index (χ1v) is 7.82. The number of nitrogens with one attached hydrogen (secondary N) is 1. The number of carbonyl (C=O) groups is 2. The topological polar surface area (TPSA) is 107 Å². The first kappa shape index (κ1) is 19.1. The maximum Gasteiger partial charge on any atom is 0.303 e. The Balaban J connectivity index is 2.87. The van der Waals surface area contributed by atoms with Gasteiger partial charge in [0.2, 0.25) is 0 Å². The highest BCUT2D eigenvalue weighted by atomic mass is 16.5. The molecule has 0 heterocycles. The smallest absolute Gasteiger partial charge is 0.303 e. The lowest BCUT2D eigenvalue weighted by molar-refractivity contribution is -0.153. The van der Waals surface area contributed by atoms with Gasteiger partial charge < -0.3 is 20.6 Å². The van der Waals surface area contributed by atoms with Gasteiger partial charge in [-0.25, -0.2) is 0 Å². The van der Waals surface area contributed by atoms with Crippen LogP contribution in [0.15, 0.2) is 24.3 Å². The van der Waals surface area contributed by atoms with Crippen LogP contribution in [0.25, 0.3) is 0 Å². The Bertz CT molecular complexity index is 536. The largest absolute Gasteiger partial charge is 0.481 e. The van der Waals surface area contributed by atoms with Crippen molar-refractivity contribution in [3.63, 3.8) is 0 Å². The molecule has 0 aromatic heterocycles. The molecule has 0 aliphatic rings. The third-order valence-corrected chi connectivity index (χ3v) is 3.63. The Morgan fingerprint density at radius 2 is 1.87 bits per heavy atom. The molecule has 0 aliphatic heterocycles. The molecule has 6 heteroatoms. The van der Waals surface area contributed by atoms with Crippen LogP contribution in [0.5, 0.6) is 0 Å². The third kappa shape index (κ3) is 6.38. The molecule has 1 unspecified atom stereocenters. The zero-order valence-corrected chi connectivity index (χ0v) is 13.6. The summed E-state index contributed by atoms with van der Waals surface area (Å²) in [7, 11) is 0. The van der Waals surface area contributed by atoms with Crippen LogP contribution >= 0.6 is 0 Å². The van der Waals surface area contributed by atoms with Gasteiger partial charge in [0, 0.05) is 23.6 Å². The number of carbonyl (C=O) groups excluding carboxylic acids is 1. The summed E-state index contributed by atoms with van der Waals surface area (Å²) >= 11 is 0. The molecule has 1 amide bonds. The minimum absolute atomic E-state index is 0.0198. The Hall–Kier alpha value is -1.92. The predicted molar refractivity (Wildman–Crippen MR) is 85.9 cm³/mol. The number of carboxylic acids is 1. The fourth-order valence-corrected chi connectivity index (χ4v) is 2.39. The average Bonchev–Trinajstić information content (AvgIpc) is 2.48. The second-order valence-corrected chi connectivity index (χ2v) is 5.81. The van der Waals surface area contributed by atoms with Gasteiger partial charge in [0.15, 0.2) is 5.79 Å². The summed E-state index contributed by atoms with van der Waals surface area (Å²) < 4.78 is 0. The monoisotopic (exact) mass is 323 g/mol. The van der Waals surface area contributed by atoms with E-state index in [-0.39, 0.29) is 23.6 Å². The summed E-state index contributed by atoms with van der Waals surface area (Å²) in [6, 6.07) is 6.00. The van der Waals surface area contributed by atoms with E-state index >= 15 is 0 Å². The molecule has 1 atom stereocenters. The fraction of sp³-hybridized carbons (Fsp3) is 0.529. The average molecular weight is 323 g/mol. The maximum absolute atomic E-state index is 12.4. The maximum atomic E-state index is 12.4. The predicted octanol–water partition coefficient (Wildman–Crippen LogP) is 2.00. The lowest BCUT2D eigenvalue weighted by Gasteiger charge is -2.22. The second kappa shape index (κ2) is 8.64. The lowest BCUT2D eigenvalue weighted by Crippen LogP contribution is -2.37. The van der Waals surface area contributed by atoms with Gasteiger partial charge in [0.1, 0.15) is 0 Å². The van der Waals surface area contributed by atoms with Gasteiger partial charge in [-0.15, -0.1) is 0 Å². The van der Waals surface area contributed by atoms with Crippen molar-refractivity contribution in [2.24, 2.45) is 0 Å². The quantitative estimate of drug-likeness (QED) is 0.520. The summed E-state index contributed by atoms with van der Waals surface area (Å²) in [6.45, 7) is 3.21. The Morgan fingerprint density at radius 3 is 2.43 bits per heavy atom. The molecule has 1 rings (SSSR count). The van der Waals surface area contributed by atoms with E-state index in [9.17, 15) is 19.8 Å². The molecule has 0 fully saturated rings. The molecule has 0 saturated carbocycles. The first-order chi connectivity index (χ1) is 10.8. The molecule has 0 aliphatic carbocycles. The molecule has 6 nitrogen and oxygen atoms in total. The van der Waals surface area contributed by atoms with Gasteiger partial charge in [0.25, 0.3) is 5.91 Å². The van der Waals surface area contributed by atoms with Crippen molar-refractivity contribution in [3.05, 3.63) is 35.4 Å². The van der Waals surface area contributed by atoms with Crippen LogP contribution in [0.1, 0.15) is 61.9 Å². The Labute approximate surface area is 136 Å². The van der Waals surface area contributed by atoms with Crippen LogP contribution in [0, 0.1) is 0 Å². The number of rotatable bonds is 9. The van der Waals surface area contributed by atoms with Crippen molar-refractivity contribution in [2.45, 2.75) is 57.8 Å². The van der Waals surface area contributed by atoms with Crippen LogP contribution in [0.4, 0.5) is 0 Å². The Kier molecular flexibility index (Phi) is 7.19. The van der Waals surface area contributed by atoms with Gasteiger partial charge in [-0.2, -0.15) is 0 Å². The minimum atomic E-state index is -2.12. The van der Waals surface area contributed by atoms with E-state index in [2.05, 4.69) is 5.32 Å². The third-order valence-electron chi connectivity index (χ3n) is 3.63. The number of hydrogen-bond donors (Lipinski definition) is 4.